The molecule has 4 heteroatoms. The van der Waals surface area contributed by atoms with E-state index in [-0.39, 0.29) is 6.04 Å². The Bertz CT molecular complexity index is 354. The fraction of sp³-hybridized carbons (Fsp3) is 0.364. The molecular formula is C11H15ClN2S. The van der Waals surface area contributed by atoms with E-state index in [1.807, 2.05) is 38.2 Å². The van der Waals surface area contributed by atoms with Crippen molar-refractivity contribution in [2.24, 2.45) is 5.73 Å². The van der Waals surface area contributed by atoms with Crippen molar-refractivity contribution in [3.63, 3.8) is 0 Å². The molecule has 2 N–H and O–H groups in total. The molecule has 1 rings (SSSR count). The molecule has 0 bridgehead atoms. The van der Waals surface area contributed by atoms with Gasteiger partial charge in [0.1, 0.15) is 0 Å². The van der Waals surface area contributed by atoms with Gasteiger partial charge in [-0.05, 0) is 31.7 Å². The number of hydrogen-bond donors (Lipinski definition) is 1. The SMILES string of the molecule is CC(C(N)=S)N(C)Cc1cccc(Cl)c1. The lowest BCUT2D eigenvalue weighted by Gasteiger charge is -2.23. The van der Waals surface area contributed by atoms with E-state index in [0.29, 0.717) is 4.99 Å². The molecule has 0 heterocycles. The van der Waals surface area contributed by atoms with Gasteiger partial charge < -0.3 is 5.73 Å². The molecule has 0 aliphatic carbocycles. The molecule has 0 aliphatic rings. The van der Waals surface area contributed by atoms with Crippen molar-refractivity contribution >= 4 is 28.8 Å². The lowest BCUT2D eigenvalue weighted by atomic mass is 10.2. The average Bonchev–Trinajstić information content (AvgIpc) is 2.16. The number of rotatable bonds is 4. The van der Waals surface area contributed by atoms with Crippen LogP contribution in [0.4, 0.5) is 0 Å². The normalized spacial score (nSPS) is 12.8. The van der Waals surface area contributed by atoms with Crippen molar-refractivity contribution in [1.82, 2.24) is 4.90 Å². The Morgan fingerprint density at radius 1 is 1.60 bits per heavy atom. The molecule has 1 atom stereocenters. The summed E-state index contributed by atoms with van der Waals surface area (Å²) < 4.78 is 0. The van der Waals surface area contributed by atoms with E-state index < -0.39 is 0 Å². The Kier molecular flexibility index (Phi) is 4.51. The second-order valence-electron chi connectivity index (χ2n) is 3.62. The molecule has 2 nitrogen and oxygen atoms in total. The van der Waals surface area contributed by atoms with Gasteiger partial charge in [-0.3, -0.25) is 4.90 Å². The van der Waals surface area contributed by atoms with Crippen LogP contribution in [-0.2, 0) is 6.54 Å². The van der Waals surface area contributed by atoms with Crippen LogP contribution >= 0.6 is 23.8 Å². The molecule has 0 amide bonds. The zero-order chi connectivity index (χ0) is 11.4. The number of nitrogens with two attached hydrogens (primary N) is 1. The predicted octanol–water partition coefficient (Wildman–Crippen LogP) is 2.45. The topological polar surface area (TPSA) is 29.3 Å². The second-order valence-corrected chi connectivity index (χ2v) is 4.53. The first-order valence-electron chi connectivity index (χ1n) is 4.74. The third kappa shape index (κ3) is 3.78. The highest BCUT2D eigenvalue weighted by Gasteiger charge is 2.11. The van der Waals surface area contributed by atoms with E-state index in [4.69, 9.17) is 29.6 Å². The summed E-state index contributed by atoms with van der Waals surface area (Å²) in [5, 5.41) is 0.754. The van der Waals surface area contributed by atoms with E-state index in [0.717, 1.165) is 17.1 Å². The molecule has 0 radical (unpaired) electrons. The van der Waals surface area contributed by atoms with Crippen LogP contribution in [0, 0.1) is 0 Å². The molecule has 0 saturated heterocycles. The highest BCUT2D eigenvalue weighted by molar-refractivity contribution is 7.80. The van der Waals surface area contributed by atoms with Crippen LogP contribution < -0.4 is 5.73 Å². The summed E-state index contributed by atoms with van der Waals surface area (Å²) in [5.41, 5.74) is 6.74. The van der Waals surface area contributed by atoms with E-state index >= 15 is 0 Å². The van der Waals surface area contributed by atoms with Gasteiger partial charge in [0.2, 0.25) is 0 Å². The third-order valence-electron chi connectivity index (χ3n) is 2.39. The minimum Gasteiger partial charge on any atom is -0.392 e. The number of likely N-dealkylation sites (N-methyl/N-ethyl adjacent to an activating group) is 1. The number of halogens is 1. The zero-order valence-electron chi connectivity index (χ0n) is 8.90. The molecule has 0 fully saturated rings. The molecule has 1 aromatic carbocycles. The summed E-state index contributed by atoms with van der Waals surface area (Å²) in [6, 6.07) is 7.89. The van der Waals surface area contributed by atoms with Gasteiger partial charge in [0, 0.05) is 11.6 Å². The monoisotopic (exact) mass is 242 g/mol. The van der Waals surface area contributed by atoms with Crippen LogP contribution in [0.3, 0.4) is 0 Å². The van der Waals surface area contributed by atoms with E-state index in [1.165, 1.54) is 0 Å². The summed E-state index contributed by atoms with van der Waals surface area (Å²) in [6.07, 6.45) is 0. The number of thiocarbonyl (C=S) groups is 1. The first-order valence-corrected chi connectivity index (χ1v) is 5.53. The number of hydrogen-bond acceptors (Lipinski definition) is 2. The smallest absolute Gasteiger partial charge is 0.0899 e. The van der Waals surface area contributed by atoms with Crippen molar-refractivity contribution in [3.05, 3.63) is 34.9 Å². The van der Waals surface area contributed by atoms with Crippen LogP contribution in [0.15, 0.2) is 24.3 Å². The molecule has 82 valence electrons. The number of benzene rings is 1. The van der Waals surface area contributed by atoms with Gasteiger partial charge >= 0.3 is 0 Å². The highest BCUT2D eigenvalue weighted by atomic mass is 35.5. The first kappa shape index (κ1) is 12.4. The van der Waals surface area contributed by atoms with Gasteiger partial charge in [0.05, 0.1) is 11.0 Å². The van der Waals surface area contributed by atoms with Crippen molar-refractivity contribution in [2.45, 2.75) is 19.5 Å². The molecule has 0 aliphatic heterocycles. The standard InChI is InChI=1S/C11H15ClN2S/c1-8(11(13)15)14(2)7-9-4-3-5-10(12)6-9/h3-6,8H,7H2,1-2H3,(H2,13,15). The Labute approximate surface area is 101 Å². The quantitative estimate of drug-likeness (QED) is 0.823. The minimum absolute atomic E-state index is 0.0963. The van der Waals surface area contributed by atoms with Crippen molar-refractivity contribution in [3.8, 4) is 0 Å². The van der Waals surface area contributed by atoms with Crippen LogP contribution in [0.2, 0.25) is 5.02 Å². The summed E-state index contributed by atoms with van der Waals surface area (Å²) >= 11 is 10.8. The van der Waals surface area contributed by atoms with Gasteiger partial charge in [0.25, 0.3) is 0 Å². The summed E-state index contributed by atoms with van der Waals surface area (Å²) in [7, 11) is 1.99. The Morgan fingerprint density at radius 2 is 2.27 bits per heavy atom. The maximum absolute atomic E-state index is 5.90. The predicted molar refractivity (Wildman–Crippen MR) is 69.2 cm³/mol. The Balaban J connectivity index is 2.66. The molecule has 0 spiro atoms. The molecule has 0 saturated carbocycles. The van der Waals surface area contributed by atoms with Gasteiger partial charge in [-0.15, -0.1) is 0 Å². The maximum atomic E-state index is 5.90. The van der Waals surface area contributed by atoms with Crippen LogP contribution in [0.25, 0.3) is 0 Å². The first-order chi connectivity index (χ1) is 7.00. The van der Waals surface area contributed by atoms with Crippen LogP contribution in [0.5, 0.6) is 0 Å². The number of nitrogens with zero attached hydrogens (tertiary/aromatic N) is 1. The largest absolute Gasteiger partial charge is 0.392 e. The van der Waals surface area contributed by atoms with E-state index in [1.54, 1.807) is 0 Å². The van der Waals surface area contributed by atoms with Crippen molar-refractivity contribution < 1.29 is 0 Å². The molecule has 1 unspecified atom stereocenters. The highest BCUT2D eigenvalue weighted by Crippen LogP contribution is 2.13. The van der Waals surface area contributed by atoms with Crippen LogP contribution in [0.1, 0.15) is 12.5 Å². The van der Waals surface area contributed by atoms with Gasteiger partial charge in [-0.2, -0.15) is 0 Å². The second kappa shape index (κ2) is 5.45. The molecule has 15 heavy (non-hydrogen) atoms. The lowest BCUT2D eigenvalue weighted by Crippen LogP contribution is -2.38. The third-order valence-corrected chi connectivity index (χ3v) is 2.97. The summed E-state index contributed by atoms with van der Waals surface area (Å²) in [6.45, 7) is 2.78. The maximum Gasteiger partial charge on any atom is 0.0899 e. The molecule has 0 aromatic heterocycles. The minimum atomic E-state index is 0.0963. The Hall–Kier alpha value is -0.640. The lowest BCUT2D eigenvalue weighted by molar-refractivity contribution is 0.304. The van der Waals surface area contributed by atoms with Gasteiger partial charge in [0.15, 0.2) is 0 Å². The van der Waals surface area contributed by atoms with Crippen molar-refractivity contribution in [1.29, 1.82) is 0 Å². The van der Waals surface area contributed by atoms with Crippen LogP contribution in [-0.4, -0.2) is 23.0 Å². The van der Waals surface area contributed by atoms with E-state index in [9.17, 15) is 0 Å². The summed E-state index contributed by atoms with van der Waals surface area (Å²) in [4.78, 5) is 2.60. The Morgan fingerprint density at radius 3 is 2.80 bits per heavy atom. The zero-order valence-corrected chi connectivity index (χ0v) is 10.5. The van der Waals surface area contributed by atoms with Gasteiger partial charge in [-0.1, -0.05) is 36.0 Å². The molecule has 1 aromatic rings. The summed E-state index contributed by atoms with van der Waals surface area (Å²) in [5.74, 6) is 0. The average molecular weight is 243 g/mol. The van der Waals surface area contributed by atoms with Gasteiger partial charge in [-0.25, -0.2) is 0 Å². The molecular weight excluding hydrogens is 228 g/mol. The fourth-order valence-corrected chi connectivity index (χ4v) is 1.67. The fourth-order valence-electron chi connectivity index (χ4n) is 1.28. The van der Waals surface area contributed by atoms with Crippen molar-refractivity contribution in [2.75, 3.05) is 7.05 Å². The van der Waals surface area contributed by atoms with E-state index in [2.05, 4.69) is 4.90 Å².